The monoisotopic (exact) mass is 233 g/mol. The highest BCUT2D eigenvalue weighted by Gasteiger charge is 2.27. The quantitative estimate of drug-likeness (QED) is 0.810. The van der Waals surface area contributed by atoms with Gasteiger partial charge in [-0.3, -0.25) is 0 Å². The van der Waals surface area contributed by atoms with Crippen molar-refractivity contribution in [3.05, 3.63) is 17.2 Å². The highest BCUT2D eigenvalue weighted by molar-refractivity contribution is 5.24. The van der Waals surface area contributed by atoms with Gasteiger partial charge >= 0.3 is 0 Å². The molecule has 94 valence electrons. The molecule has 1 unspecified atom stereocenters. The largest absolute Gasteiger partial charge is 0.332 e. The van der Waals surface area contributed by atoms with Crippen molar-refractivity contribution < 1.29 is 0 Å². The van der Waals surface area contributed by atoms with E-state index in [0.29, 0.717) is 12.0 Å². The fraction of sp³-hybridized carbons (Fsp3) is 0.786. The topological polar surface area (TPSA) is 43.8 Å². The third kappa shape index (κ3) is 2.01. The van der Waals surface area contributed by atoms with E-state index in [-0.39, 0.29) is 0 Å². The van der Waals surface area contributed by atoms with Gasteiger partial charge in [-0.05, 0) is 26.2 Å². The normalized spacial score (nSPS) is 25.9. The maximum atomic E-state index is 6.12. The smallest absolute Gasteiger partial charge is 0.106 e. The Morgan fingerprint density at radius 3 is 2.71 bits per heavy atom. The molecule has 17 heavy (non-hydrogen) atoms. The van der Waals surface area contributed by atoms with Crippen LogP contribution in [0.5, 0.6) is 0 Å². The van der Waals surface area contributed by atoms with E-state index in [2.05, 4.69) is 11.5 Å². The number of aryl methyl sites for hydroxylation is 1. The number of imidazole rings is 1. The maximum absolute atomic E-state index is 6.12. The molecule has 0 spiro atoms. The number of nitrogens with zero attached hydrogens (tertiary/aromatic N) is 2. The van der Waals surface area contributed by atoms with Gasteiger partial charge in [-0.1, -0.05) is 19.3 Å². The molecule has 3 heteroatoms. The molecular formula is C14H23N3. The molecule has 2 N–H and O–H groups in total. The molecule has 0 saturated heterocycles. The number of rotatable bonds is 1. The molecule has 1 fully saturated rings. The Morgan fingerprint density at radius 2 is 1.94 bits per heavy atom. The molecule has 1 aromatic heterocycles. The number of fused-ring (bicyclic) bond motifs is 1. The summed E-state index contributed by atoms with van der Waals surface area (Å²) in [5, 5.41) is 0. The van der Waals surface area contributed by atoms with E-state index in [1.807, 2.05) is 0 Å². The van der Waals surface area contributed by atoms with E-state index in [1.54, 1.807) is 0 Å². The van der Waals surface area contributed by atoms with Gasteiger partial charge in [0.25, 0.3) is 0 Å². The standard InChI is InChI=1S/C14H23N3/c1-10-16-14(11-5-3-2-4-6-11)13-9-12(15)7-8-17(10)13/h11-12H,2-9,15H2,1H3. The summed E-state index contributed by atoms with van der Waals surface area (Å²) >= 11 is 0. The van der Waals surface area contributed by atoms with E-state index in [9.17, 15) is 0 Å². The van der Waals surface area contributed by atoms with Crippen LogP contribution in [-0.4, -0.2) is 15.6 Å². The zero-order valence-electron chi connectivity index (χ0n) is 10.8. The zero-order valence-corrected chi connectivity index (χ0v) is 10.8. The van der Waals surface area contributed by atoms with E-state index in [0.717, 1.165) is 19.4 Å². The van der Waals surface area contributed by atoms with Gasteiger partial charge in [0.1, 0.15) is 5.82 Å². The van der Waals surface area contributed by atoms with E-state index in [4.69, 9.17) is 10.7 Å². The van der Waals surface area contributed by atoms with E-state index < -0.39 is 0 Å². The molecule has 3 rings (SSSR count). The van der Waals surface area contributed by atoms with Crippen molar-refractivity contribution in [2.24, 2.45) is 5.73 Å². The Labute approximate surface area is 103 Å². The van der Waals surface area contributed by atoms with Crippen LogP contribution in [0.15, 0.2) is 0 Å². The predicted octanol–water partition coefficient (Wildman–Crippen LogP) is 2.51. The van der Waals surface area contributed by atoms with Crippen LogP contribution in [0.1, 0.15) is 61.7 Å². The second-order valence-corrected chi connectivity index (χ2v) is 5.73. The van der Waals surface area contributed by atoms with Crippen LogP contribution < -0.4 is 5.73 Å². The summed E-state index contributed by atoms with van der Waals surface area (Å²) in [7, 11) is 0. The van der Waals surface area contributed by atoms with Crippen molar-refractivity contribution in [3.63, 3.8) is 0 Å². The van der Waals surface area contributed by atoms with Crippen LogP contribution in [0, 0.1) is 6.92 Å². The first kappa shape index (κ1) is 11.3. The number of aromatic nitrogens is 2. The first-order valence-corrected chi connectivity index (χ1v) is 7.07. The lowest BCUT2D eigenvalue weighted by Crippen LogP contribution is -2.31. The molecule has 3 nitrogen and oxygen atoms in total. The summed E-state index contributed by atoms with van der Waals surface area (Å²) < 4.78 is 2.41. The molecule has 0 amide bonds. The summed E-state index contributed by atoms with van der Waals surface area (Å²) in [5.74, 6) is 1.91. The second kappa shape index (κ2) is 4.45. The van der Waals surface area contributed by atoms with Crippen molar-refractivity contribution in [2.75, 3.05) is 0 Å². The fourth-order valence-electron chi connectivity index (χ4n) is 3.49. The minimum absolute atomic E-state index is 0.348. The van der Waals surface area contributed by atoms with Crippen LogP contribution in [0.25, 0.3) is 0 Å². The lowest BCUT2D eigenvalue weighted by Gasteiger charge is -2.25. The van der Waals surface area contributed by atoms with Gasteiger partial charge in [-0.2, -0.15) is 0 Å². The van der Waals surface area contributed by atoms with Gasteiger partial charge in [0.15, 0.2) is 0 Å². The van der Waals surface area contributed by atoms with Crippen LogP contribution in [-0.2, 0) is 13.0 Å². The van der Waals surface area contributed by atoms with Crippen molar-refractivity contribution >= 4 is 0 Å². The predicted molar refractivity (Wildman–Crippen MR) is 69.1 cm³/mol. The molecule has 1 saturated carbocycles. The highest BCUT2D eigenvalue weighted by atomic mass is 15.1. The van der Waals surface area contributed by atoms with Crippen LogP contribution in [0.2, 0.25) is 0 Å². The molecule has 0 radical (unpaired) electrons. The highest BCUT2D eigenvalue weighted by Crippen LogP contribution is 2.35. The minimum atomic E-state index is 0.348. The molecule has 1 aromatic rings. The third-order valence-electron chi connectivity index (χ3n) is 4.47. The lowest BCUT2D eigenvalue weighted by atomic mass is 9.85. The number of hydrogen-bond donors (Lipinski definition) is 1. The summed E-state index contributed by atoms with van der Waals surface area (Å²) in [6.07, 6.45) is 8.97. The molecule has 0 aromatic carbocycles. The van der Waals surface area contributed by atoms with Gasteiger partial charge in [0.05, 0.1) is 5.69 Å². The Hall–Kier alpha value is -0.830. The van der Waals surface area contributed by atoms with Gasteiger partial charge in [-0.25, -0.2) is 4.98 Å². The van der Waals surface area contributed by atoms with E-state index >= 15 is 0 Å². The van der Waals surface area contributed by atoms with Crippen molar-refractivity contribution in [3.8, 4) is 0 Å². The van der Waals surface area contributed by atoms with Crippen LogP contribution in [0.4, 0.5) is 0 Å². The van der Waals surface area contributed by atoms with Crippen molar-refractivity contribution in [1.29, 1.82) is 0 Å². The average Bonchev–Trinajstić information content (AvgIpc) is 2.67. The molecule has 0 bridgehead atoms. The molecule has 1 aliphatic heterocycles. The van der Waals surface area contributed by atoms with Gasteiger partial charge < -0.3 is 10.3 Å². The van der Waals surface area contributed by atoms with Gasteiger partial charge in [0, 0.05) is 30.6 Å². The van der Waals surface area contributed by atoms with Gasteiger partial charge in [-0.15, -0.1) is 0 Å². The molecule has 1 atom stereocenters. The van der Waals surface area contributed by atoms with Crippen molar-refractivity contribution in [1.82, 2.24) is 9.55 Å². The molecule has 2 heterocycles. The zero-order chi connectivity index (χ0) is 11.8. The van der Waals surface area contributed by atoms with Crippen LogP contribution in [0.3, 0.4) is 0 Å². The summed E-state index contributed by atoms with van der Waals surface area (Å²) in [6.45, 7) is 3.22. The second-order valence-electron chi connectivity index (χ2n) is 5.73. The van der Waals surface area contributed by atoms with Crippen molar-refractivity contribution in [2.45, 2.75) is 70.4 Å². The Balaban J connectivity index is 1.93. The first-order chi connectivity index (χ1) is 8.25. The third-order valence-corrected chi connectivity index (χ3v) is 4.47. The molecular weight excluding hydrogens is 210 g/mol. The Bertz CT molecular complexity index is 402. The Morgan fingerprint density at radius 1 is 1.18 bits per heavy atom. The first-order valence-electron chi connectivity index (χ1n) is 7.07. The van der Waals surface area contributed by atoms with E-state index in [1.165, 1.54) is 49.3 Å². The van der Waals surface area contributed by atoms with Gasteiger partial charge in [0.2, 0.25) is 0 Å². The molecule has 1 aliphatic carbocycles. The fourth-order valence-corrected chi connectivity index (χ4v) is 3.49. The number of nitrogens with two attached hydrogens (primary N) is 1. The average molecular weight is 233 g/mol. The molecule has 2 aliphatic rings. The summed E-state index contributed by atoms with van der Waals surface area (Å²) in [6, 6.07) is 0.348. The summed E-state index contributed by atoms with van der Waals surface area (Å²) in [5.41, 5.74) is 8.95. The maximum Gasteiger partial charge on any atom is 0.106 e. The minimum Gasteiger partial charge on any atom is -0.332 e. The van der Waals surface area contributed by atoms with Crippen LogP contribution >= 0.6 is 0 Å². The SMILES string of the molecule is Cc1nc(C2CCCCC2)c2n1CCC(N)C2. The summed E-state index contributed by atoms with van der Waals surface area (Å²) in [4.78, 5) is 4.86. The Kier molecular flexibility index (Phi) is 2.95. The number of hydrogen-bond acceptors (Lipinski definition) is 2. The lowest BCUT2D eigenvalue weighted by molar-refractivity contribution is 0.423.